The third-order valence-electron chi connectivity index (χ3n) is 11.5. The average Bonchev–Trinajstić information content (AvgIpc) is 3.70. The third-order valence-corrected chi connectivity index (χ3v) is 11.5. The maximum atomic E-state index is 6.84. The fraction of sp³-hybridized carbons (Fsp3) is 0. The van der Waals surface area contributed by atoms with Crippen LogP contribution < -0.4 is 4.90 Å². The van der Waals surface area contributed by atoms with E-state index in [1.807, 2.05) is 0 Å². The Kier molecular flexibility index (Phi) is 8.19. The summed E-state index contributed by atoms with van der Waals surface area (Å²) < 4.78 is 6.84. The van der Waals surface area contributed by atoms with Gasteiger partial charge in [-0.05, 0) is 103 Å². The molecular formula is C56H37NO. The molecule has 0 unspecified atom stereocenters. The molecule has 10 aromatic carbocycles. The molecule has 0 amide bonds. The second kappa shape index (κ2) is 14.1. The van der Waals surface area contributed by atoms with E-state index in [2.05, 4.69) is 229 Å². The van der Waals surface area contributed by atoms with Crippen molar-refractivity contribution in [1.82, 2.24) is 0 Å². The quantitative estimate of drug-likeness (QED) is 0.151. The monoisotopic (exact) mass is 739 g/mol. The molecule has 0 saturated carbocycles. The second-order valence-corrected chi connectivity index (χ2v) is 14.9. The summed E-state index contributed by atoms with van der Waals surface area (Å²) in [6.45, 7) is 0. The molecule has 1 heterocycles. The van der Waals surface area contributed by atoms with Crippen LogP contribution in [0.1, 0.15) is 0 Å². The maximum Gasteiger partial charge on any atom is 0.145 e. The van der Waals surface area contributed by atoms with Crippen LogP contribution in [0, 0.1) is 0 Å². The first-order chi connectivity index (χ1) is 28.7. The lowest BCUT2D eigenvalue weighted by Gasteiger charge is -2.27. The molecule has 58 heavy (non-hydrogen) atoms. The van der Waals surface area contributed by atoms with Gasteiger partial charge in [0.25, 0.3) is 0 Å². The van der Waals surface area contributed by atoms with Crippen LogP contribution >= 0.6 is 0 Å². The Bertz CT molecular complexity index is 3240. The molecule has 0 radical (unpaired) electrons. The van der Waals surface area contributed by atoms with Gasteiger partial charge >= 0.3 is 0 Å². The van der Waals surface area contributed by atoms with Crippen molar-refractivity contribution in [3.8, 4) is 44.5 Å². The van der Waals surface area contributed by atoms with E-state index in [1.54, 1.807) is 0 Å². The van der Waals surface area contributed by atoms with Crippen molar-refractivity contribution in [3.05, 3.63) is 224 Å². The SMILES string of the molecule is c1ccc(-c2ccc(-c3ccc(N(c4ccc5ccc6ccccc6c5c4)c4ccc(-c5ccc(-c6ccccc6)cc5)c5oc6ccccc6c45)cc3)cc2)cc1. The zero-order valence-electron chi connectivity index (χ0n) is 31.7. The Morgan fingerprint density at radius 3 is 1.41 bits per heavy atom. The molecule has 0 saturated heterocycles. The zero-order chi connectivity index (χ0) is 38.4. The predicted molar refractivity (Wildman–Crippen MR) is 245 cm³/mol. The molecule has 0 aliphatic rings. The molecule has 1 aromatic heterocycles. The number of rotatable bonds is 7. The number of hydrogen-bond donors (Lipinski definition) is 0. The summed E-state index contributed by atoms with van der Waals surface area (Å²) in [6.07, 6.45) is 0. The van der Waals surface area contributed by atoms with Crippen molar-refractivity contribution >= 4 is 60.5 Å². The first kappa shape index (κ1) is 33.6. The minimum atomic E-state index is 0.867. The Hall–Kier alpha value is -7.68. The highest BCUT2D eigenvalue weighted by Gasteiger charge is 2.23. The molecule has 0 spiro atoms. The predicted octanol–water partition coefficient (Wildman–Crippen LogP) is 16.0. The van der Waals surface area contributed by atoms with E-state index in [-0.39, 0.29) is 0 Å². The smallest absolute Gasteiger partial charge is 0.145 e. The molecule has 0 fully saturated rings. The van der Waals surface area contributed by atoms with Crippen molar-refractivity contribution in [2.24, 2.45) is 0 Å². The molecular weight excluding hydrogens is 703 g/mol. The number of fused-ring (bicyclic) bond motifs is 6. The van der Waals surface area contributed by atoms with Crippen LogP contribution in [0.3, 0.4) is 0 Å². The minimum Gasteiger partial charge on any atom is -0.455 e. The first-order valence-corrected chi connectivity index (χ1v) is 19.8. The fourth-order valence-electron chi connectivity index (χ4n) is 8.54. The lowest BCUT2D eigenvalue weighted by atomic mass is 9.97. The summed E-state index contributed by atoms with van der Waals surface area (Å²) in [6, 6.07) is 80.6. The Labute approximate surface area is 337 Å². The van der Waals surface area contributed by atoms with Gasteiger partial charge in [-0.2, -0.15) is 0 Å². The highest BCUT2D eigenvalue weighted by atomic mass is 16.3. The van der Waals surface area contributed by atoms with Gasteiger partial charge in [-0.25, -0.2) is 0 Å². The number of nitrogens with zero attached hydrogens (tertiary/aromatic N) is 1. The van der Waals surface area contributed by atoms with Crippen molar-refractivity contribution in [1.29, 1.82) is 0 Å². The van der Waals surface area contributed by atoms with Crippen molar-refractivity contribution in [2.45, 2.75) is 0 Å². The molecule has 0 aliphatic carbocycles. The van der Waals surface area contributed by atoms with E-state index >= 15 is 0 Å². The summed E-state index contributed by atoms with van der Waals surface area (Å²) in [5, 5.41) is 7.07. The van der Waals surface area contributed by atoms with Gasteiger partial charge in [0.1, 0.15) is 11.2 Å². The summed E-state index contributed by atoms with van der Waals surface area (Å²) in [7, 11) is 0. The van der Waals surface area contributed by atoms with E-state index < -0.39 is 0 Å². The summed E-state index contributed by atoms with van der Waals surface area (Å²) in [5.74, 6) is 0. The van der Waals surface area contributed by atoms with E-state index in [0.29, 0.717) is 0 Å². The Balaban J connectivity index is 1.08. The van der Waals surface area contributed by atoms with Crippen LogP contribution in [0.4, 0.5) is 17.1 Å². The summed E-state index contributed by atoms with van der Waals surface area (Å²) in [5.41, 5.74) is 14.3. The average molecular weight is 740 g/mol. The molecule has 2 nitrogen and oxygen atoms in total. The van der Waals surface area contributed by atoms with E-state index in [0.717, 1.165) is 50.1 Å². The van der Waals surface area contributed by atoms with Gasteiger partial charge in [-0.1, -0.05) is 182 Å². The highest BCUT2D eigenvalue weighted by Crippen LogP contribution is 2.47. The lowest BCUT2D eigenvalue weighted by Crippen LogP contribution is -2.10. The minimum absolute atomic E-state index is 0.867. The number of benzene rings is 10. The number of anilines is 3. The van der Waals surface area contributed by atoms with Crippen LogP contribution in [-0.4, -0.2) is 0 Å². The first-order valence-electron chi connectivity index (χ1n) is 19.8. The fourth-order valence-corrected chi connectivity index (χ4v) is 8.54. The molecule has 0 bridgehead atoms. The van der Waals surface area contributed by atoms with Gasteiger partial charge in [0.05, 0.1) is 11.1 Å². The van der Waals surface area contributed by atoms with Crippen molar-refractivity contribution in [2.75, 3.05) is 4.90 Å². The van der Waals surface area contributed by atoms with Crippen LogP contribution in [0.15, 0.2) is 229 Å². The summed E-state index contributed by atoms with van der Waals surface area (Å²) >= 11 is 0. The van der Waals surface area contributed by atoms with E-state index in [4.69, 9.17) is 4.42 Å². The van der Waals surface area contributed by atoms with Gasteiger partial charge in [-0.3, -0.25) is 0 Å². The van der Waals surface area contributed by atoms with Crippen LogP contribution in [0.2, 0.25) is 0 Å². The highest BCUT2D eigenvalue weighted by molar-refractivity contribution is 6.17. The number of hydrogen-bond acceptors (Lipinski definition) is 2. The molecule has 0 aliphatic heterocycles. The molecule has 272 valence electrons. The molecule has 11 rings (SSSR count). The van der Waals surface area contributed by atoms with Crippen molar-refractivity contribution < 1.29 is 4.42 Å². The number of para-hydroxylation sites is 1. The van der Waals surface area contributed by atoms with E-state index in [1.165, 1.54) is 54.9 Å². The molecule has 2 heteroatoms. The Morgan fingerprint density at radius 1 is 0.310 bits per heavy atom. The summed E-state index contributed by atoms with van der Waals surface area (Å²) in [4.78, 5) is 2.40. The van der Waals surface area contributed by atoms with Gasteiger partial charge in [0, 0.05) is 22.3 Å². The van der Waals surface area contributed by atoms with E-state index in [9.17, 15) is 0 Å². The second-order valence-electron chi connectivity index (χ2n) is 14.9. The largest absolute Gasteiger partial charge is 0.455 e. The molecule has 0 N–H and O–H groups in total. The normalized spacial score (nSPS) is 11.4. The maximum absolute atomic E-state index is 6.84. The molecule has 11 aromatic rings. The topological polar surface area (TPSA) is 16.4 Å². The van der Waals surface area contributed by atoms with Gasteiger partial charge in [0.2, 0.25) is 0 Å². The van der Waals surface area contributed by atoms with Crippen LogP contribution in [0.25, 0.3) is 88.0 Å². The molecule has 0 atom stereocenters. The lowest BCUT2D eigenvalue weighted by molar-refractivity contribution is 0.670. The van der Waals surface area contributed by atoms with Gasteiger partial charge in [-0.15, -0.1) is 0 Å². The Morgan fingerprint density at radius 2 is 0.776 bits per heavy atom. The van der Waals surface area contributed by atoms with Gasteiger partial charge < -0.3 is 9.32 Å². The van der Waals surface area contributed by atoms with Crippen LogP contribution in [-0.2, 0) is 0 Å². The van der Waals surface area contributed by atoms with Gasteiger partial charge in [0.15, 0.2) is 0 Å². The zero-order valence-corrected chi connectivity index (χ0v) is 31.7. The number of furan rings is 1. The van der Waals surface area contributed by atoms with Crippen molar-refractivity contribution in [3.63, 3.8) is 0 Å². The van der Waals surface area contributed by atoms with Crippen LogP contribution in [0.5, 0.6) is 0 Å². The standard InChI is InChI=1S/C56H37NO/c1-3-11-38(12-4-1)40-19-21-42(22-20-40)43-29-32-47(33-30-43)57(48-34-31-46-28-27-44-15-7-8-16-49(44)52(46)37-48)53-36-35-50(56-55(53)51-17-9-10-18-54(51)58-56)45-25-23-41(24-26-45)39-13-5-2-6-14-39/h1-37H. The third kappa shape index (κ3) is 5.91.